The number of ether oxygens (including phenoxy) is 1. The molecule has 8 unspecified atom stereocenters. The lowest BCUT2D eigenvalue weighted by atomic mass is 9.64. The lowest BCUT2D eigenvalue weighted by molar-refractivity contribution is -0.186. The van der Waals surface area contributed by atoms with Gasteiger partial charge in [0.2, 0.25) is 0 Å². The summed E-state index contributed by atoms with van der Waals surface area (Å²) in [5, 5.41) is 13.9. The molecule has 0 amide bonds. The Balaban J connectivity index is 1.04. The number of nitrogens with one attached hydrogen (secondary N) is 1. The molecule has 1 spiro atoms. The van der Waals surface area contributed by atoms with Gasteiger partial charge >= 0.3 is 12.1 Å². The van der Waals surface area contributed by atoms with Gasteiger partial charge in [0.15, 0.2) is 0 Å². The van der Waals surface area contributed by atoms with Gasteiger partial charge in [0.05, 0.1) is 42.5 Å². The molecule has 2 bridgehead atoms. The Morgan fingerprint density at radius 3 is 2.67 bits per heavy atom. The molecule has 1 saturated carbocycles. The van der Waals surface area contributed by atoms with Crippen LogP contribution < -0.4 is 10.9 Å². The first-order chi connectivity index (χ1) is 22.9. The number of halogens is 4. The fraction of sp³-hybridized carbons (Fsp3) is 0.800. The van der Waals surface area contributed by atoms with Gasteiger partial charge in [-0.2, -0.15) is 13.2 Å². The number of hydrogen-bond acceptors (Lipinski definition) is 7. The molecule has 5 heterocycles. The number of hydrogen-bond donors (Lipinski definition) is 2. The Labute approximate surface area is 289 Å². The van der Waals surface area contributed by atoms with Crippen LogP contribution >= 0.6 is 23.4 Å². The molecule has 0 aromatic carbocycles. The molecule has 4 fully saturated rings. The average Bonchev–Trinajstić information content (AvgIpc) is 3.27. The normalized spacial score (nSPS) is 36.2. The first-order valence-corrected chi connectivity index (χ1v) is 19.2. The van der Waals surface area contributed by atoms with Crippen LogP contribution in [0.4, 0.5) is 13.2 Å². The maximum Gasteiger partial charge on any atom is 0.391 e. The standard InChI is InChI=1S/C35H48ClF3N4O4S/c1-19-16-26(34-11-3-4-29(48-34)30(33(45)46)31(34)40-19)24-17-22(36)5-8-28(24)47-15-14-43-20(2)41-27-7-6-23(18-25(27)32(43)44)42-12-9-21(10-13-42)35(37,38)39/h19,21-24,26,28,31,40H,3-18H2,1-2H3,(H,45,46). The van der Waals surface area contributed by atoms with Crippen LogP contribution in [0, 0.1) is 24.7 Å². The van der Waals surface area contributed by atoms with Crippen LogP contribution in [-0.2, 0) is 28.9 Å². The molecule has 2 aliphatic carbocycles. The zero-order chi connectivity index (χ0) is 34.0. The van der Waals surface area contributed by atoms with Gasteiger partial charge in [-0.3, -0.25) is 9.36 Å². The SMILES string of the molecule is Cc1nc2c(c(=O)n1CCOC1CCC(Cl)CC1C1CC(C)NC3C(C(=O)O)=C4CCCC31S4)CC(N1CCC(C(F)(F)F)CC1)CC2. The summed E-state index contributed by atoms with van der Waals surface area (Å²) < 4.78 is 47.9. The van der Waals surface area contributed by atoms with Crippen molar-refractivity contribution in [2.75, 3.05) is 19.7 Å². The molecule has 1 aromatic heterocycles. The third-order valence-corrected chi connectivity index (χ3v) is 14.6. The van der Waals surface area contributed by atoms with Crippen molar-refractivity contribution in [3.63, 3.8) is 0 Å². The molecule has 4 aliphatic heterocycles. The number of carboxylic acid groups (broad SMARTS) is 1. The fourth-order valence-corrected chi connectivity index (χ4v) is 12.4. The highest BCUT2D eigenvalue weighted by molar-refractivity contribution is 8.04. The van der Waals surface area contributed by atoms with E-state index in [1.165, 1.54) is 0 Å². The number of rotatable bonds is 7. The van der Waals surface area contributed by atoms with Crippen LogP contribution in [-0.4, -0.2) is 85.8 Å². The maximum absolute atomic E-state index is 13.9. The van der Waals surface area contributed by atoms with Gasteiger partial charge < -0.3 is 20.1 Å². The van der Waals surface area contributed by atoms with E-state index in [2.05, 4.69) is 17.1 Å². The van der Waals surface area contributed by atoms with Crippen molar-refractivity contribution in [3.8, 4) is 0 Å². The molecule has 3 saturated heterocycles. The van der Waals surface area contributed by atoms with E-state index in [0.717, 1.165) is 62.0 Å². The monoisotopic (exact) mass is 712 g/mol. The van der Waals surface area contributed by atoms with E-state index in [0.29, 0.717) is 56.0 Å². The van der Waals surface area contributed by atoms with Crippen molar-refractivity contribution in [1.82, 2.24) is 19.8 Å². The van der Waals surface area contributed by atoms with E-state index in [-0.39, 0.29) is 64.6 Å². The van der Waals surface area contributed by atoms with E-state index in [9.17, 15) is 27.9 Å². The maximum atomic E-state index is 13.9. The minimum absolute atomic E-state index is 0.0317. The van der Waals surface area contributed by atoms with Crippen molar-refractivity contribution < 1.29 is 27.8 Å². The van der Waals surface area contributed by atoms with E-state index in [4.69, 9.17) is 21.3 Å². The lowest BCUT2D eigenvalue weighted by Gasteiger charge is -2.54. The van der Waals surface area contributed by atoms with Crippen LogP contribution in [0.1, 0.15) is 88.2 Å². The Morgan fingerprint density at radius 1 is 1.17 bits per heavy atom. The number of likely N-dealkylation sites (tertiary alicyclic amines) is 1. The summed E-state index contributed by atoms with van der Waals surface area (Å²) in [6, 6.07) is 0.0604. The van der Waals surface area contributed by atoms with Crippen molar-refractivity contribution in [1.29, 1.82) is 0 Å². The Morgan fingerprint density at radius 2 is 1.94 bits per heavy atom. The first kappa shape index (κ1) is 34.8. The second-order valence-electron chi connectivity index (χ2n) is 15.2. The summed E-state index contributed by atoms with van der Waals surface area (Å²) in [5.41, 5.74) is 2.01. The number of carbonyl (C=O) groups is 1. The summed E-state index contributed by atoms with van der Waals surface area (Å²) in [5.74, 6) is -0.938. The molecule has 2 N–H and O–H groups in total. The molecular weight excluding hydrogens is 665 g/mol. The van der Waals surface area contributed by atoms with Gasteiger partial charge in [0.1, 0.15) is 5.82 Å². The molecule has 7 rings (SSSR count). The number of aliphatic carboxylic acids is 1. The minimum Gasteiger partial charge on any atom is -0.478 e. The zero-order valence-electron chi connectivity index (χ0n) is 27.9. The average molecular weight is 713 g/mol. The molecule has 0 radical (unpaired) electrons. The number of thioether (sulfide) groups is 1. The lowest BCUT2D eigenvalue weighted by Crippen LogP contribution is -2.63. The van der Waals surface area contributed by atoms with Crippen molar-refractivity contribution >= 4 is 29.3 Å². The second-order valence-corrected chi connectivity index (χ2v) is 17.2. The highest BCUT2D eigenvalue weighted by Crippen LogP contribution is 2.63. The largest absolute Gasteiger partial charge is 0.478 e. The Kier molecular flexibility index (Phi) is 9.80. The summed E-state index contributed by atoms with van der Waals surface area (Å²) in [7, 11) is 0. The fourth-order valence-electron chi connectivity index (χ4n) is 10.1. The van der Waals surface area contributed by atoms with E-state index in [1.54, 1.807) is 16.3 Å². The first-order valence-electron chi connectivity index (χ1n) is 17.9. The summed E-state index contributed by atoms with van der Waals surface area (Å²) in [6.45, 7) is 5.56. The van der Waals surface area contributed by atoms with Gasteiger partial charge in [-0.15, -0.1) is 23.4 Å². The van der Waals surface area contributed by atoms with Crippen molar-refractivity contribution in [3.05, 3.63) is 37.9 Å². The van der Waals surface area contributed by atoms with E-state index < -0.39 is 18.1 Å². The minimum atomic E-state index is -4.14. The molecule has 48 heavy (non-hydrogen) atoms. The summed E-state index contributed by atoms with van der Waals surface area (Å²) in [6.07, 6.45) is 4.29. The molecule has 8 atom stereocenters. The van der Waals surface area contributed by atoms with Crippen LogP contribution in [0.2, 0.25) is 0 Å². The van der Waals surface area contributed by atoms with Gasteiger partial charge in [0, 0.05) is 27.8 Å². The van der Waals surface area contributed by atoms with Crippen LogP contribution in [0.15, 0.2) is 15.3 Å². The van der Waals surface area contributed by atoms with E-state index in [1.807, 2.05) is 6.92 Å². The van der Waals surface area contributed by atoms with Gasteiger partial charge in [-0.25, -0.2) is 9.78 Å². The van der Waals surface area contributed by atoms with Crippen LogP contribution in [0.3, 0.4) is 0 Å². The van der Waals surface area contributed by atoms with Gasteiger partial charge in [-0.1, -0.05) is 0 Å². The number of fused-ring (bicyclic) bond motifs is 2. The summed E-state index contributed by atoms with van der Waals surface area (Å²) in [4.78, 5) is 34.3. The number of allylic oxidation sites excluding steroid dienone is 1. The van der Waals surface area contributed by atoms with E-state index >= 15 is 0 Å². The number of aryl methyl sites for hydroxylation is 2. The summed E-state index contributed by atoms with van der Waals surface area (Å²) >= 11 is 8.64. The Bertz CT molecular complexity index is 1500. The third kappa shape index (κ3) is 6.39. The topological polar surface area (TPSA) is 96.7 Å². The molecule has 1 aromatic rings. The molecule has 266 valence electrons. The highest BCUT2D eigenvalue weighted by atomic mass is 35.5. The molecule has 6 aliphatic rings. The molecular formula is C35H48ClF3N4O4S. The van der Waals surface area contributed by atoms with Crippen molar-refractivity contribution in [2.45, 2.75) is 138 Å². The number of carboxylic acids is 1. The predicted octanol–water partition coefficient (Wildman–Crippen LogP) is 5.85. The van der Waals surface area contributed by atoms with Crippen molar-refractivity contribution in [2.24, 2.45) is 17.8 Å². The number of alkyl halides is 4. The number of piperidine rings is 2. The van der Waals surface area contributed by atoms with Crippen LogP contribution in [0.25, 0.3) is 0 Å². The number of aromatic nitrogens is 2. The van der Waals surface area contributed by atoms with Crippen LogP contribution in [0.5, 0.6) is 0 Å². The zero-order valence-corrected chi connectivity index (χ0v) is 29.4. The second kappa shape index (κ2) is 13.5. The quantitative estimate of drug-likeness (QED) is 0.340. The third-order valence-electron chi connectivity index (χ3n) is 12.4. The van der Waals surface area contributed by atoms with Gasteiger partial charge in [-0.05, 0) is 121 Å². The highest BCUT2D eigenvalue weighted by Gasteiger charge is 2.61. The molecule has 8 nitrogen and oxygen atoms in total. The smallest absolute Gasteiger partial charge is 0.391 e. The Hall–Kier alpha value is -1.60. The van der Waals surface area contributed by atoms with Gasteiger partial charge in [0.25, 0.3) is 5.56 Å². The number of nitrogens with zero attached hydrogens (tertiary/aromatic N) is 3. The predicted molar refractivity (Wildman–Crippen MR) is 179 cm³/mol. The molecule has 13 heteroatoms.